The van der Waals surface area contributed by atoms with Crippen molar-refractivity contribution in [2.75, 3.05) is 7.11 Å². The lowest BCUT2D eigenvalue weighted by molar-refractivity contribution is -0.146. The molecule has 2 heterocycles. The maximum absolute atomic E-state index is 11.6. The third kappa shape index (κ3) is 3.38. The fourth-order valence-electron chi connectivity index (χ4n) is 2.88. The van der Waals surface area contributed by atoms with Crippen LogP contribution in [0.3, 0.4) is 0 Å². The predicted molar refractivity (Wildman–Crippen MR) is 89.8 cm³/mol. The van der Waals surface area contributed by atoms with E-state index >= 15 is 0 Å². The van der Waals surface area contributed by atoms with Gasteiger partial charge in [-0.05, 0) is 53.7 Å². The Bertz CT molecular complexity index is 666. The zero-order valence-corrected chi connectivity index (χ0v) is 14.7. The molecule has 0 spiro atoms. The molecule has 0 radical (unpaired) electrons. The number of hydrogen-bond acceptors (Lipinski definition) is 5. The molecule has 2 aromatic rings. The Labute approximate surface area is 142 Å². The average Bonchev–Trinajstić information content (AvgIpc) is 3.04. The van der Waals surface area contributed by atoms with E-state index in [-0.39, 0.29) is 11.9 Å². The normalized spacial score (nSPS) is 21.5. The van der Waals surface area contributed by atoms with E-state index in [1.807, 2.05) is 24.4 Å². The zero-order valence-electron chi connectivity index (χ0n) is 12.3. The van der Waals surface area contributed by atoms with Crippen molar-refractivity contribution in [1.29, 1.82) is 0 Å². The highest BCUT2D eigenvalue weighted by atomic mass is 79.9. The lowest BCUT2D eigenvalue weighted by Gasteiger charge is -2.25. The van der Waals surface area contributed by atoms with Crippen molar-refractivity contribution in [3.05, 3.63) is 34.0 Å². The van der Waals surface area contributed by atoms with Crippen LogP contribution in [-0.2, 0) is 9.53 Å². The van der Waals surface area contributed by atoms with Crippen molar-refractivity contribution in [2.45, 2.75) is 31.6 Å². The maximum atomic E-state index is 11.6. The molecule has 0 unspecified atom stereocenters. The van der Waals surface area contributed by atoms with Gasteiger partial charge in [0.25, 0.3) is 0 Å². The number of carbonyl (C=O) groups excluding carboxylic acids is 1. The number of ether oxygens (including phenoxy) is 1. The summed E-state index contributed by atoms with van der Waals surface area (Å²) in [6.45, 7) is 0. The number of rotatable bonds is 3. The summed E-state index contributed by atoms with van der Waals surface area (Å²) in [6, 6.07) is 5.89. The number of nitrogens with zero attached hydrogens (tertiary/aromatic N) is 2. The minimum Gasteiger partial charge on any atom is -0.469 e. The van der Waals surface area contributed by atoms with Gasteiger partial charge in [-0.15, -0.1) is 11.3 Å². The molecule has 1 fully saturated rings. The van der Waals surface area contributed by atoms with Gasteiger partial charge in [0, 0.05) is 12.1 Å². The second-order valence-electron chi connectivity index (χ2n) is 5.48. The van der Waals surface area contributed by atoms with Crippen molar-refractivity contribution in [3.63, 3.8) is 0 Å². The first-order valence-corrected chi connectivity index (χ1v) is 8.95. The molecule has 3 rings (SSSR count). The lowest BCUT2D eigenvalue weighted by Crippen LogP contribution is -2.22. The summed E-state index contributed by atoms with van der Waals surface area (Å²) in [5, 5.41) is 1.15. The van der Waals surface area contributed by atoms with Crippen LogP contribution in [0.4, 0.5) is 0 Å². The molecule has 0 bridgehead atoms. The number of carbonyl (C=O) groups is 1. The summed E-state index contributed by atoms with van der Waals surface area (Å²) in [6.07, 6.45) is 5.68. The van der Waals surface area contributed by atoms with Gasteiger partial charge in [-0.3, -0.25) is 4.79 Å². The van der Waals surface area contributed by atoms with E-state index in [1.54, 1.807) is 11.3 Å². The van der Waals surface area contributed by atoms with Gasteiger partial charge in [0.05, 0.1) is 28.6 Å². The number of methoxy groups -OCH3 is 1. The van der Waals surface area contributed by atoms with Gasteiger partial charge >= 0.3 is 5.97 Å². The van der Waals surface area contributed by atoms with Crippen LogP contribution in [0.1, 0.15) is 36.6 Å². The summed E-state index contributed by atoms with van der Waals surface area (Å²) in [5.41, 5.74) is 0.946. The molecule has 22 heavy (non-hydrogen) atoms. The zero-order chi connectivity index (χ0) is 15.5. The number of aromatic nitrogens is 2. The highest BCUT2D eigenvalue weighted by Crippen LogP contribution is 2.39. The van der Waals surface area contributed by atoms with Crippen molar-refractivity contribution < 1.29 is 9.53 Å². The molecule has 1 aliphatic rings. The van der Waals surface area contributed by atoms with Gasteiger partial charge < -0.3 is 4.74 Å². The number of hydrogen-bond donors (Lipinski definition) is 0. The minimum absolute atomic E-state index is 0.0624. The number of thiazole rings is 1. The molecule has 1 aliphatic carbocycles. The van der Waals surface area contributed by atoms with E-state index < -0.39 is 0 Å². The molecule has 1 saturated carbocycles. The van der Waals surface area contributed by atoms with Crippen LogP contribution in [0.25, 0.3) is 10.6 Å². The summed E-state index contributed by atoms with van der Waals surface area (Å²) in [4.78, 5) is 21.7. The Morgan fingerprint density at radius 3 is 2.77 bits per heavy atom. The number of esters is 1. The molecular weight excluding hydrogens is 364 g/mol. The van der Waals surface area contributed by atoms with Crippen molar-refractivity contribution in [1.82, 2.24) is 9.97 Å². The maximum Gasteiger partial charge on any atom is 0.308 e. The third-order valence-corrected chi connectivity index (χ3v) is 5.73. The first-order valence-electron chi connectivity index (χ1n) is 7.34. The van der Waals surface area contributed by atoms with Crippen LogP contribution in [0.5, 0.6) is 0 Å². The lowest BCUT2D eigenvalue weighted by atomic mass is 9.82. The van der Waals surface area contributed by atoms with Gasteiger partial charge in [-0.25, -0.2) is 9.97 Å². The third-order valence-electron chi connectivity index (χ3n) is 4.10. The number of halogens is 1. The van der Waals surface area contributed by atoms with Crippen LogP contribution >= 0.6 is 27.3 Å². The Morgan fingerprint density at radius 1 is 1.32 bits per heavy atom. The fourth-order valence-corrected chi connectivity index (χ4v) is 4.28. The van der Waals surface area contributed by atoms with E-state index in [0.29, 0.717) is 5.92 Å². The molecule has 116 valence electrons. The Morgan fingerprint density at radius 2 is 2.09 bits per heavy atom. The van der Waals surface area contributed by atoms with E-state index in [9.17, 15) is 4.79 Å². The molecule has 0 saturated heterocycles. The first-order chi connectivity index (χ1) is 10.7. The van der Waals surface area contributed by atoms with Crippen molar-refractivity contribution >= 4 is 33.2 Å². The molecule has 2 aromatic heterocycles. The van der Waals surface area contributed by atoms with Crippen molar-refractivity contribution in [3.8, 4) is 10.6 Å². The average molecular weight is 381 g/mol. The van der Waals surface area contributed by atoms with Crippen LogP contribution in [0.2, 0.25) is 0 Å². The summed E-state index contributed by atoms with van der Waals surface area (Å²) < 4.78 is 5.67. The largest absolute Gasteiger partial charge is 0.469 e. The smallest absolute Gasteiger partial charge is 0.308 e. The second kappa shape index (κ2) is 6.87. The van der Waals surface area contributed by atoms with Gasteiger partial charge in [-0.1, -0.05) is 6.07 Å². The summed E-state index contributed by atoms with van der Waals surface area (Å²) >= 11 is 5.11. The standard InChI is InChI=1S/C16H17BrN2O2S/c1-21-16(20)11-7-5-10(6-8-11)15-18-9-13(22-15)12-3-2-4-14(17)19-12/h2-4,9-11H,5-8H2,1H3/t10-,11-. The molecule has 0 amide bonds. The first kappa shape index (κ1) is 15.6. The van der Waals surface area contributed by atoms with Gasteiger partial charge in [-0.2, -0.15) is 0 Å². The Hall–Kier alpha value is -1.27. The van der Waals surface area contributed by atoms with Crippen LogP contribution < -0.4 is 0 Å². The molecule has 0 aliphatic heterocycles. The highest BCUT2D eigenvalue weighted by Gasteiger charge is 2.29. The number of pyridine rings is 1. The Kier molecular flexibility index (Phi) is 4.88. The molecule has 0 N–H and O–H groups in total. The van der Waals surface area contributed by atoms with Gasteiger partial charge in [0.1, 0.15) is 4.60 Å². The van der Waals surface area contributed by atoms with E-state index in [1.165, 1.54) is 7.11 Å². The summed E-state index contributed by atoms with van der Waals surface area (Å²) in [5.74, 6) is 0.441. The van der Waals surface area contributed by atoms with Gasteiger partial charge in [0.2, 0.25) is 0 Å². The Balaban J connectivity index is 1.69. The molecule has 6 heteroatoms. The molecular formula is C16H17BrN2O2S. The molecule has 4 nitrogen and oxygen atoms in total. The molecule has 0 atom stereocenters. The van der Waals surface area contributed by atoms with Crippen LogP contribution in [0, 0.1) is 5.92 Å². The molecule has 0 aromatic carbocycles. The van der Waals surface area contributed by atoms with Crippen molar-refractivity contribution in [2.24, 2.45) is 5.92 Å². The van der Waals surface area contributed by atoms with Gasteiger partial charge in [0.15, 0.2) is 0 Å². The fraction of sp³-hybridized carbons (Fsp3) is 0.438. The van der Waals surface area contributed by atoms with E-state index in [0.717, 1.165) is 45.9 Å². The monoisotopic (exact) mass is 380 g/mol. The van der Waals surface area contributed by atoms with E-state index in [2.05, 4.69) is 25.9 Å². The second-order valence-corrected chi connectivity index (χ2v) is 7.35. The summed E-state index contributed by atoms with van der Waals surface area (Å²) in [7, 11) is 1.46. The minimum atomic E-state index is -0.0726. The quantitative estimate of drug-likeness (QED) is 0.584. The van der Waals surface area contributed by atoms with Crippen LogP contribution in [-0.4, -0.2) is 23.0 Å². The SMILES string of the molecule is COC(=O)[C@H]1CC[C@H](c2ncc(-c3cccc(Br)n3)s2)CC1. The highest BCUT2D eigenvalue weighted by molar-refractivity contribution is 9.10. The van der Waals surface area contributed by atoms with Crippen LogP contribution in [0.15, 0.2) is 29.0 Å². The predicted octanol–water partition coefficient (Wildman–Crippen LogP) is 4.41. The van der Waals surface area contributed by atoms with E-state index in [4.69, 9.17) is 4.74 Å². The topological polar surface area (TPSA) is 52.1 Å².